The van der Waals surface area contributed by atoms with Crippen molar-refractivity contribution in [2.24, 2.45) is 11.3 Å². The molecule has 2 aromatic carbocycles. The van der Waals surface area contributed by atoms with Crippen molar-refractivity contribution in [1.82, 2.24) is 5.32 Å². The largest absolute Gasteiger partial charge is 0.348 e. The zero-order chi connectivity index (χ0) is 20.0. The van der Waals surface area contributed by atoms with Gasteiger partial charge in [-0.05, 0) is 77.5 Å². The lowest BCUT2D eigenvalue weighted by atomic mass is 9.89. The van der Waals surface area contributed by atoms with Crippen LogP contribution in [0.2, 0.25) is 0 Å². The molecular weight excluding hydrogens is 366 g/mol. The van der Waals surface area contributed by atoms with Gasteiger partial charge in [-0.25, -0.2) is 0 Å². The summed E-state index contributed by atoms with van der Waals surface area (Å²) in [5, 5.41) is 6.49. The number of epoxide rings is 1. The number of fused-ring (bicyclic) bond motifs is 1. The minimum absolute atomic E-state index is 0.183. The monoisotopic (exact) mass is 395 g/mol. The maximum absolute atomic E-state index is 6.11. The number of allylic oxidation sites excluding steroid dienone is 5. The molecule has 152 valence electrons. The standard InChI is InChI=1S/C28H29NO/c1-2-4-10-20(9-3-1)21-13-8-17-28(18-16-21)19-25(28)29-27-26(30-27)24-15-7-12-22-11-5-6-14-23(22)24/h1,3-7,9-12,14-15,21,25-27,29H,8,13,16-19H2. The molecule has 1 N–H and O–H groups in total. The van der Waals surface area contributed by atoms with E-state index >= 15 is 0 Å². The molecule has 0 aromatic heterocycles. The van der Waals surface area contributed by atoms with Crippen LogP contribution in [-0.4, -0.2) is 12.3 Å². The number of benzene rings is 2. The van der Waals surface area contributed by atoms with Gasteiger partial charge in [-0.15, -0.1) is 5.73 Å². The van der Waals surface area contributed by atoms with Crippen LogP contribution in [0.15, 0.2) is 84.1 Å². The van der Waals surface area contributed by atoms with Gasteiger partial charge in [-0.3, -0.25) is 5.32 Å². The van der Waals surface area contributed by atoms with Gasteiger partial charge in [0.2, 0.25) is 0 Å². The van der Waals surface area contributed by atoms with Crippen molar-refractivity contribution in [2.45, 2.75) is 56.9 Å². The van der Waals surface area contributed by atoms with Crippen LogP contribution in [0.1, 0.15) is 50.2 Å². The molecule has 6 rings (SSSR count). The average Bonchev–Trinajstić information content (AvgIpc) is 3.67. The second kappa shape index (κ2) is 7.39. The van der Waals surface area contributed by atoms with E-state index < -0.39 is 0 Å². The van der Waals surface area contributed by atoms with Gasteiger partial charge >= 0.3 is 0 Å². The van der Waals surface area contributed by atoms with E-state index in [4.69, 9.17) is 4.74 Å². The second-order valence-corrected chi connectivity index (χ2v) is 9.49. The molecule has 1 spiro atoms. The predicted molar refractivity (Wildman–Crippen MR) is 122 cm³/mol. The highest BCUT2D eigenvalue weighted by atomic mass is 16.6. The first-order chi connectivity index (χ1) is 14.8. The summed E-state index contributed by atoms with van der Waals surface area (Å²) in [6.07, 6.45) is 19.1. The molecule has 3 fully saturated rings. The van der Waals surface area contributed by atoms with Crippen molar-refractivity contribution >= 4 is 10.8 Å². The van der Waals surface area contributed by atoms with E-state index in [2.05, 4.69) is 77.8 Å². The Morgan fingerprint density at radius 3 is 2.93 bits per heavy atom. The van der Waals surface area contributed by atoms with E-state index in [1.54, 1.807) is 0 Å². The SMILES string of the molecule is C1=CC=CC(C2CCCC3(CC2)CC3NC2OC2c2cccc3ccccc23)=CC=1. The number of nitrogens with one attached hydrogen (secondary N) is 1. The van der Waals surface area contributed by atoms with Gasteiger partial charge in [0.05, 0.1) is 0 Å². The highest BCUT2D eigenvalue weighted by Crippen LogP contribution is 2.58. The maximum atomic E-state index is 6.11. The van der Waals surface area contributed by atoms with E-state index in [0.717, 1.165) is 0 Å². The number of hydrogen-bond donors (Lipinski definition) is 1. The molecule has 0 bridgehead atoms. The Labute approximate surface area is 179 Å². The minimum Gasteiger partial charge on any atom is -0.348 e. The van der Waals surface area contributed by atoms with Crippen LogP contribution in [0.5, 0.6) is 0 Å². The van der Waals surface area contributed by atoms with Gasteiger partial charge in [0, 0.05) is 6.04 Å². The van der Waals surface area contributed by atoms with Crippen LogP contribution in [0.25, 0.3) is 10.8 Å². The van der Waals surface area contributed by atoms with Crippen LogP contribution in [-0.2, 0) is 4.74 Å². The molecule has 1 aliphatic heterocycles. The van der Waals surface area contributed by atoms with E-state index in [-0.39, 0.29) is 12.3 Å². The van der Waals surface area contributed by atoms with E-state index in [1.165, 1.54) is 60.4 Å². The van der Waals surface area contributed by atoms with E-state index in [9.17, 15) is 0 Å². The van der Waals surface area contributed by atoms with Crippen LogP contribution in [0.3, 0.4) is 0 Å². The lowest BCUT2D eigenvalue weighted by molar-refractivity contribution is 0.322. The molecule has 2 nitrogen and oxygen atoms in total. The minimum atomic E-state index is 0.183. The van der Waals surface area contributed by atoms with Crippen molar-refractivity contribution in [1.29, 1.82) is 0 Å². The quantitative estimate of drug-likeness (QED) is 0.480. The molecular formula is C28H29NO. The van der Waals surface area contributed by atoms with E-state index in [0.29, 0.717) is 17.4 Å². The molecule has 5 atom stereocenters. The van der Waals surface area contributed by atoms with Gasteiger partial charge in [0.15, 0.2) is 0 Å². The smallest absolute Gasteiger partial charge is 0.140 e. The zero-order valence-corrected chi connectivity index (χ0v) is 17.4. The van der Waals surface area contributed by atoms with Crippen LogP contribution >= 0.6 is 0 Å². The zero-order valence-electron chi connectivity index (χ0n) is 17.4. The summed E-state index contributed by atoms with van der Waals surface area (Å²) >= 11 is 0. The van der Waals surface area contributed by atoms with Gasteiger partial charge in [-0.1, -0.05) is 67.1 Å². The Kier molecular flexibility index (Phi) is 4.53. The van der Waals surface area contributed by atoms with Crippen molar-refractivity contribution in [2.75, 3.05) is 0 Å². The van der Waals surface area contributed by atoms with Gasteiger partial charge in [-0.2, -0.15) is 0 Å². The Morgan fingerprint density at radius 1 is 1.00 bits per heavy atom. The molecule has 30 heavy (non-hydrogen) atoms. The van der Waals surface area contributed by atoms with Gasteiger partial charge in [0.25, 0.3) is 0 Å². The third-order valence-corrected chi connectivity index (χ3v) is 7.72. The summed E-state index contributed by atoms with van der Waals surface area (Å²) in [6, 6.07) is 15.8. The third-order valence-electron chi connectivity index (χ3n) is 7.72. The number of rotatable bonds is 4. The summed E-state index contributed by atoms with van der Waals surface area (Å²) in [5.41, 5.74) is 6.51. The molecule has 2 heteroatoms. The number of hydrogen-bond acceptors (Lipinski definition) is 2. The van der Waals surface area contributed by atoms with Crippen molar-refractivity contribution in [3.05, 3.63) is 89.7 Å². The van der Waals surface area contributed by atoms with Crippen molar-refractivity contribution < 1.29 is 4.74 Å². The first-order valence-electron chi connectivity index (χ1n) is 11.5. The molecule has 4 aliphatic rings. The average molecular weight is 396 g/mol. The third kappa shape index (κ3) is 3.40. The summed E-state index contributed by atoms with van der Waals surface area (Å²) in [4.78, 5) is 0. The summed E-state index contributed by atoms with van der Waals surface area (Å²) in [7, 11) is 0. The molecule has 1 saturated heterocycles. The van der Waals surface area contributed by atoms with Crippen molar-refractivity contribution in [3.63, 3.8) is 0 Å². The fourth-order valence-electron chi connectivity index (χ4n) is 5.82. The summed E-state index contributed by atoms with van der Waals surface area (Å²) in [5.74, 6) is 0.701. The lowest BCUT2D eigenvalue weighted by Gasteiger charge is -2.17. The first-order valence-corrected chi connectivity index (χ1v) is 11.5. The maximum Gasteiger partial charge on any atom is 0.140 e. The van der Waals surface area contributed by atoms with Crippen molar-refractivity contribution in [3.8, 4) is 0 Å². The summed E-state index contributed by atoms with van der Waals surface area (Å²) < 4.78 is 6.11. The fraction of sp³-hybridized carbons (Fsp3) is 0.393. The first kappa shape index (κ1) is 18.4. The molecule has 2 aromatic rings. The van der Waals surface area contributed by atoms with Crippen LogP contribution in [0, 0.1) is 11.3 Å². The molecule has 5 unspecified atom stereocenters. The molecule has 2 saturated carbocycles. The normalized spacial score (nSPS) is 34.6. The Hall–Kier alpha value is -2.38. The van der Waals surface area contributed by atoms with Gasteiger partial charge in [0.1, 0.15) is 12.3 Å². The Bertz CT molecular complexity index is 1080. The fourth-order valence-corrected chi connectivity index (χ4v) is 5.82. The Balaban J connectivity index is 1.09. The molecule has 0 radical (unpaired) electrons. The van der Waals surface area contributed by atoms with Crippen LogP contribution in [0.4, 0.5) is 0 Å². The highest BCUT2D eigenvalue weighted by Gasteiger charge is 2.57. The molecule has 0 amide bonds. The highest BCUT2D eigenvalue weighted by molar-refractivity contribution is 5.86. The lowest BCUT2D eigenvalue weighted by Crippen LogP contribution is -2.26. The van der Waals surface area contributed by atoms with E-state index in [1.807, 2.05) is 6.08 Å². The molecule has 3 aliphatic carbocycles. The van der Waals surface area contributed by atoms with Gasteiger partial charge < -0.3 is 4.74 Å². The van der Waals surface area contributed by atoms with Crippen LogP contribution < -0.4 is 5.32 Å². The number of ether oxygens (including phenoxy) is 1. The topological polar surface area (TPSA) is 24.6 Å². The predicted octanol–water partition coefficient (Wildman–Crippen LogP) is 6.37. The molecule has 1 heterocycles. The second-order valence-electron chi connectivity index (χ2n) is 9.49. The Morgan fingerprint density at radius 2 is 1.93 bits per heavy atom. The summed E-state index contributed by atoms with van der Waals surface area (Å²) in [6.45, 7) is 0.